The maximum Gasteiger partial charge on any atom is 0.335 e. The van der Waals surface area contributed by atoms with E-state index in [0.29, 0.717) is 0 Å². The molecule has 0 fully saturated rings. The number of aryl methyl sites for hydroxylation is 2. The van der Waals surface area contributed by atoms with Crippen molar-refractivity contribution in [3.8, 4) is 11.4 Å². The van der Waals surface area contributed by atoms with E-state index in [4.69, 9.17) is 0 Å². The number of aromatic nitrogens is 3. The number of pyridine rings is 1. The molecule has 0 atom stereocenters. The van der Waals surface area contributed by atoms with Gasteiger partial charge in [0.25, 0.3) is 0 Å². The lowest BCUT2D eigenvalue weighted by Gasteiger charge is -2.01. The van der Waals surface area contributed by atoms with Crippen molar-refractivity contribution in [2.45, 2.75) is 26.8 Å². The van der Waals surface area contributed by atoms with Gasteiger partial charge in [-0.15, -0.1) is 0 Å². The van der Waals surface area contributed by atoms with Crippen LogP contribution in [0.5, 0.6) is 0 Å². The Morgan fingerprint density at radius 1 is 1.27 bits per heavy atom. The average Bonchev–Trinajstić information content (AvgIpc) is 2.86. The molecule has 0 radical (unpaired) electrons. The standard InChI is InChI=1S/C17H17N3O2/c1-3-9-20-15-10-12(17(21)22)7-8-13(15)16(19-20)14-6-4-5-11(2)18-14/h4-8,10H,3,9H2,1-2H3,(H,21,22). The molecule has 0 unspecified atom stereocenters. The summed E-state index contributed by atoms with van der Waals surface area (Å²) in [6.07, 6.45) is 0.925. The smallest absolute Gasteiger partial charge is 0.335 e. The van der Waals surface area contributed by atoms with Crippen LogP contribution in [0.25, 0.3) is 22.3 Å². The van der Waals surface area contributed by atoms with Gasteiger partial charge in [-0.05, 0) is 43.7 Å². The molecule has 112 valence electrons. The highest BCUT2D eigenvalue weighted by molar-refractivity contribution is 5.98. The number of nitrogens with zero attached hydrogens (tertiary/aromatic N) is 3. The van der Waals surface area contributed by atoms with Crippen LogP contribution in [0, 0.1) is 6.92 Å². The highest BCUT2D eigenvalue weighted by atomic mass is 16.4. The molecule has 0 aliphatic rings. The lowest BCUT2D eigenvalue weighted by molar-refractivity contribution is 0.0697. The number of carboxylic acid groups (broad SMARTS) is 1. The predicted molar refractivity (Wildman–Crippen MR) is 85.0 cm³/mol. The molecule has 0 aliphatic heterocycles. The maximum absolute atomic E-state index is 11.2. The molecule has 2 aromatic heterocycles. The van der Waals surface area contributed by atoms with Crippen molar-refractivity contribution in [2.24, 2.45) is 0 Å². The molecule has 5 nitrogen and oxygen atoms in total. The van der Waals surface area contributed by atoms with Crippen LogP contribution < -0.4 is 0 Å². The molecule has 3 aromatic rings. The lowest BCUT2D eigenvalue weighted by Crippen LogP contribution is -2.00. The highest BCUT2D eigenvalue weighted by Crippen LogP contribution is 2.28. The van der Waals surface area contributed by atoms with E-state index in [1.165, 1.54) is 0 Å². The molecule has 5 heteroatoms. The van der Waals surface area contributed by atoms with Crippen molar-refractivity contribution in [2.75, 3.05) is 0 Å². The van der Waals surface area contributed by atoms with Gasteiger partial charge in [0.1, 0.15) is 5.69 Å². The van der Waals surface area contributed by atoms with Gasteiger partial charge in [-0.2, -0.15) is 5.10 Å². The van der Waals surface area contributed by atoms with Crippen molar-refractivity contribution < 1.29 is 9.90 Å². The fourth-order valence-corrected chi connectivity index (χ4v) is 2.55. The Morgan fingerprint density at radius 3 is 2.77 bits per heavy atom. The molecule has 3 rings (SSSR count). The van der Waals surface area contributed by atoms with Crippen LogP contribution in [0.4, 0.5) is 0 Å². The Bertz CT molecular complexity index is 852. The van der Waals surface area contributed by atoms with Crippen LogP contribution in [-0.2, 0) is 6.54 Å². The van der Waals surface area contributed by atoms with E-state index in [1.807, 2.05) is 35.9 Å². The zero-order valence-electron chi connectivity index (χ0n) is 12.6. The number of hydrogen-bond donors (Lipinski definition) is 1. The maximum atomic E-state index is 11.2. The van der Waals surface area contributed by atoms with Crippen molar-refractivity contribution in [1.29, 1.82) is 0 Å². The van der Waals surface area contributed by atoms with Gasteiger partial charge in [-0.1, -0.05) is 13.0 Å². The fraction of sp³-hybridized carbons (Fsp3) is 0.235. The Balaban J connectivity index is 2.25. The predicted octanol–water partition coefficient (Wildman–Crippen LogP) is 3.51. The van der Waals surface area contributed by atoms with Gasteiger partial charge >= 0.3 is 5.97 Å². The van der Waals surface area contributed by atoms with E-state index in [2.05, 4.69) is 17.0 Å². The van der Waals surface area contributed by atoms with Gasteiger partial charge in [-0.25, -0.2) is 4.79 Å². The largest absolute Gasteiger partial charge is 0.478 e. The molecule has 1 N–H and O–H groups in total. The van der Waals surface area contributed by atoms with Crippen molar-refractivity contribution in [3.05, 3.63) is 47.7 Å². The monoisotopic (exact) mass is 295 g/mol. The van der Waals surface area contributed by atoms with Gasteiger partial charge in [-0.3, -0.25) is 9.67 Å². The van der Waals surface area contributed by atoms with Crippen LogP contribution in [0.3, 0.4) is 0 Å². The molecule has 0 amide bonds. The minimum Gasteiger partial charge on any atom is -0.478 e. The molecular weight excluding hydrogens is 278 g/mol. The van der Waals surface area contributed by atoms with E-state index >= 15 is 0 Å². The second-order valence-corrected chi connectivity index (χ2v) is 5.27. The topological polar surface area (TPSA) is 68.0 Å². The first-order chi connectivity index (χ1) is 10.6. The molecule has 22 heavy (non-hydrogen) atoms. The summed E-state index contributed by atoms with van der Waals surface area (Å²) in [5.74, 6) is -0.929. The third kappa shape index (κ3) is 2.45. The molecular formula is C17H17N3O2. The molecule has 0 spiro atoms. The van der Waals surface area contributed by atoms with Crippen molar-refractivity contribution in [1.82, 2.24) is 14.8 Å². The number of rotatable bonds is 4. The zero-order chi connectivity index (χ0) is 15.7. The summed E-state index contributed by atoms with van der Waals surface area (Å²) in [6.45, 7) is 4.75. The van der Waals surface area contributed by atoms with Crippen LogP contribution in [0.15, 0.2) is 36.4 Å². The van der Waals surface area contributed by atoms with Gasteiger partial charge in [0.2, 0.25) is 0 Å². The molecule has 0 aliphatic carbocycles. The molecule has 2 heterocycles. The Labute approximate surface area is 128 Å². The van der Waals surface area contributed by atoms with Gasteiger partial charge in [0, 0.05) is 17.6 Å². The average molecular weight is 295 g/mol. The normalized spacial score (nSPS) is 11.0. The summed E-state index contributed by atoms with van der Waals surface area (Å²) >= 11 is 0. The summed E-state index contributed by atoms with van der Waals surface area (Å²) in [5, 5.41) is 14.8. The molecule has 0 saturated heterocycles. The fourth-order valence-electron chi connectivity index (χ4n) is 2.55. The van der Waals surface area contributed by atoms with Gasteiger partial charge < -0.3 is 5.11 Å². The molecule has 1 aromatic carbocycles. The zero-order valence-corrected chi connectivity index (χ0v) is 12.6. The third-order valence-corrected chi connectivity index (χ3v) is 3.56. The van der Waals surface area contributed by atoms with Crippen molar-refractivity contribution in [3.63, 3.8) is 0 Å². The molecule has 0 saturated carbocycles. The van der Waals surface area contributed by atoms with E-state index in [0.717, 1.165) is 41.0 Å². The van der Waals surface area contributed by atoms with Gasteiger partial charge in [0.05, 0.1) is 16.8 Å². The quantitative estimate of drug-likeness (QED) is 0.799. The minimum atomic E-state index is -0.929. The van der Waals surface area contributed by atoms with Crippen LogP contribution >= 0.6 is 0 Å². The summed E-state index contributed by atoms with van der Waals surface area (Å²) in [7, 11) is 0. The Hall–Kier alpha value is -2.69. The first kappa shape index (κ1) is 14.3. The number of hydrogen-bond acceptors (Lipinski definition) is 3. The number of benzene rings is 1. The van der Waals surface area contributed by atoms with E-state index in [9.17, 15) is 9.90 Å². The van der Waals surface area contributed by atoms with E-state index < -0.39 is 5.97 Å². The summed E-state index contributed by atoms with van der Waals surface area (Å²) in [5.41, 5.74) is 3.64. The minimum absolute atomic E-state index is 0.272. The van der Waals surface area contributed by atoms with Crippen LogP contribution in [0.2, 0.25) is 0 Å². The lowest BCUT2D eigenvalue weighted by atomic mass is 10.1. The number of carboxylic acids is 1. The highest BCUT2D eigenvalue weighted by Gasteiger charge is 2.15. The first-order valence-electron chi connectivity index (χ1n) is 7.28. The second-order valence-electron chi connectivity index (χ2n) is 5.27. The SMILES string of the molecule is CCCn1nc(-c2cccc(C)n2)c2ccc(C(=O)O)cc21. The number of carbonyl (C=O) groups is 1. The van der Waals surface area contributed by atoms with E-state index in [-0.39, 0.29) is 5.56 Å². The Morgan fingerprint density at radius 2 is 2.09 bits per heavy atom. The van der Waals surface area contributed by atoms with E-state index in [1.54, 1.807) is 12.1 Å². The molecule has 0 bridgehead atoms. The van der Waals surface area contributed by atoms with Crippen molar-refractivity contribution >= 4 is 16.9 Å². The van der Waals surface area contributed by atoms with Crippen LogP contribution in [0.1, 0.15) is 29.4 Å². The summed E-state index contributed by atoms with van der Waals surface area (Å²) < 4.78 is 1.86. The Kier molecular flexibility index (Phi) is 3.63. The number of aromatic carboxylic acids is 1. The third-order valence-electron chi connectivity index (χ3n) is 3.56. The summed E-state index contributed by atoms with van der Waals surface area (Å²) in [4.78, 5) is 15.7. The van der Waals surface area contributed by atoms with Gasteiger partial charge in [0.15, 0.2) is 0 Å². The second kappa shape index (κ2) is 5.60. The summed E-state index contributed by atoms with van der Waals surface area (Å²) in [6, 6.07) is 10.9. The van der Waals surface area contributed by atoms with Crippen LogP contribution in [-0.4, -0.2) is 25.8 Å². The first-order valence-corrected chi connectivity index (χ1v) is 7.28. The number of fused-ring (bicyclic) bond motifs is 1.